The highest BCUT2D eigenvalue weighted by Gasteiger charge is 2.36. The van der Waals surface area contributed by atoms with Crippen LogP contribution in [0.2, 0.25) is 5.02 Å². The minimum absolute atomic E-state index is 0.00362. The zero-order valence-corrected chi connectivity index (χ0v) is 20.1. The minimum Gasteiger partial charge on any atom is -0.438 e. The van der Waals surface area contributed by atoms with Gasteiger partial charge < -0.3 is 19.7 Å². The summed E-state index contributed by atoms with van der Waals surface area (Å²) in [4.78, 5) is 22.7. The van der Waals surface area contributed by atoms with Crippen LogP contribution in [0.3, 0.4) is 0 Å². The van der Waals surface area contributed by atoms with Gasteiger partial charge in [0.25, 0.3) is 5.92 Å². The Labute approximate surface area is 206 Å². The monoisotopic (exact) mass is 505 g/mol. The number of rotatable bonds is 6. The lowest BCUT2D eigenvalue weighted by Crippen LogP contribution is -2.47. The molecule has 2 amide bonds. The van der Waals surface area contributed by atoms with Crippen molar-refractivity contribution in [1.82, 2.24) is 25.5 Å². The number of oxazole rings is 1. The predicted molar refractivity (Wildman–Crippen MR) is 127 cm³/mol. The van der Waals surface area contributed by atoms with E-state index in [0.717, 1.165) is 5.57 Å². The number of carbonyl (C=O) groups is 1. The third-order valence-electron chi connectivity index (χ3n) is 5.99. The van der Waals surface area contributed by atoms with Gasteiger partial charge in [-0.15, -0.1) is 0 Å². The van der Waals surface area contributed by atoms with Crippen molar-refractivity contribution in [3.63, 3.8) is 0 Å². The molecule has 8 nitrogen and oxygen atoms in total. The first kappa shape index (κ1) is 24.9. The number of carbonyl (C=O) groups excluding carboxylic acids is 1. The number of dihydropyridines is 1. The third kappa shape index (κ3) is 5.38. The molecule has 186 valence electrons. The largest absolute Gasteiger partial charge is 0.438 e. The first-order valence-corrected chi connectivity index (χ1v) is 11.6. The average molecular weight is 506 g/mol. The van der Waals surface area contributed by atoms with Gasteiger partial charge in [-0.2, -0.15) is 0 Å². The van der Waals surface area contributed by atoms with E-state index >= 15 is 0 Å². The number of urea groups is 1. The molecule has 4 rings (SSSR count). The van der Waals surface area contributed by atoms with Gasteiger partial charge in [-0.1, -0.05) is 30.7 Å². The van der Waals surface area contributed by atoms with Gasteiger partial charge >= 0.3 is 6.03 Å². The number of halogens is 3. The Balaban J connectivity index is 1.40. The third-order valence-corrected chi connectivity index (χ3v) is 6.28. The minimum atomic E-state index is -2.89. The van der Waals surface area contributed by atoms with Crippen LogP contribution in [0.25, 0.3) is 16.9 Å². The Bertz CT molecular complexity index is 1210. The predicted octanol–water partition coefficient (Wildman–Crippen LogP) is 4.49. The molecular formula is C24H26ClF2N5O3. The summed E-state index contributed by atoms with van der Waals surface area (Å²) in [7, 11) is 0. The fourth-order valence-corrected chi connectivity index (χ4v) is 4.27. The number of aliphatic hydroxyl groups excluding tert-OH is 1. The molecule has 2 aliphatic heterocycles. The van der Waals surface area contributed by atoms with Gasteiger partial charge in [0.15, 0.2) is 5.76 Å². The molecule has 0 bridgehead atoms. The molecule has 2 aromatic rings. The fraction of sp³-hybridized carbons (Fsp3) is 0.375. The number of allylic oxidation sites excluding steroid dienone is 2. The molecule has 2 aromatic heterocycles. The summed E-state index contributed by atoms with van der Waals surface area (Å²) in [6, 6.07) is 0.795. The molecule has 0 radical (unpaired) electrons. The standard InChI is InChI=1S/C24H26ClF2N5O3/c1-3-24(26,27)17-4-5-20(30-14(17)2)31-23(34)32-8-6-15(7-9-32)22-18(25)10-16(11-29-22)19-12-28-21(13-33)35-19/h4-6,10-12,14,30,33H,3,7-9,13H2,1-2H3,(H,31,34). The van der Waals surface area contributed by atoms with Crippen LogP contribution < -0.4 is 10.6 Å². The second kappa shape index (κ2) is 10.2. The van der Waals surface area contributed by atoms with E-state index in [2.05, 4.69) is 20.6 Å². The quantitative estimate of drug-likeness (QED) is 0.534. The molecular weight excluding hydrogens is 480 g/mol. The van der Waals surface area contributed by atoms with E-state index in [1.165, 1.54) is 25.3 Å². The Morgan fingerprint density at radius 2 is 2.17 bits per heavy atom. The SMILES string of the molecule is CCC(F)(F)C1=CC=C(NC(=O)N2CC=C(c3ncc(-c4cnc(CO)o4)cc3Cl)CC2)NC1C. The van der Waals surface area contributed by atoms with Gasteiger partial charge in [-0.05, 0) is 31.1 Å². The van der Waals surface area contributed by atoms with Crippen molar-refractivity contribution in [2.45, 2.75) is 45.3 Å². The molecule has 1 unspecified atom stereocenters. The summed E-state index contributed by atoms with van der Waals surface area (Å²) in [5, 5.41) is 15.2. The van der Waals surface area contributed by atoms with E-state index in [1.54, 1.807) is 24.1 Å². The Kier molecular flexibility index (Phi) is 7.23. The summed E-state index contributed by atoms with van der Waals surface area (Å²) in [5.74, 6) is -1.85. The molecule has 0 spiro atoms. The van der Waals surface area contributed by atoms with Crippen LogP contribution in [0.1, 0.15) is 38.3 Å². The number of aliphatic hydroxyl groups is 1. The number of hydrogen-bond donors (Lipinski definition) is 3. The molecule has 3 N–H and O–H groups in total. The van der Waals surface area contributed by atoms with Crippen molar-refractivity contribution >= 4 is 23.2 Å². The molecule has 0 saturated heterocycles. The van der Waals surface area contributed by atoms with Crippen molar-refractivity contribution in [2.75, 3.05) is 13.1 Å². The van der Waals surface area contributed by atoms with Crippen LogP contribution in [0.5, 0.6) is 0 Å². The Morgan fingerprint density at radius 3 is 2.77 bits per heavy atom. The number of alkyl halides is 2. The molecule has 0 aromatic carbocycles. The number of hydrogen-bond acceptors (Lipinski definition) is 6. The van der Waals surface area contributed by atoms with Crippen molar-refractivity contribution in [1.29, 1.82) is 0 Å². The maximum atomic E-state index is 14.0. The zero-order valence-electron chi connectivity index (χ0n) is 19.3. The molecule has 2 aliphatic rings. The fourth-order valence-electron chi connectivity index (χ4n) is 3.99. The second-order valence-corrected chi connectivity index (χ2v) is 8.72. The lowest BCUT2D eigenvalue weighted by molar-refractivity contribution is 0.0306. The van der Waals surface area contributed by atoms with E-state index in [4.69, 9.17) is 21.1 Å². The number of amides is 2. The molecule has 4 heterocycles. The van der Waals surface area contributed by atoms with Gasteiger partial charge in [0.05, 0.1) is 23.0 Å². The van der Waals surface area contributed by atoms with E-state index in [-0.39, 0.29) is 30.5 Å². The summed E-state index contributed by atoms with van der Waals surface area (Å²) in [6.45, 7) is 3.57. The molecule has 35 heavy (non-hydrogen) atoms. The lowest BCUT2D eigenvalue weighted by Gasteiger charge is -2.31. The first-order valence-electron chi connectivity index (χ1n) is 11.2. The average Bonchev–Trinajstić information content (AvgIpc) is 3.33. The van der Waals surface area contributed by atoms with Crippen molar-refractivity contribution in [3.05, 3.63) is 64.7 Å². The van der Waals surface area contributed by atoms with Crippen molar-refractivity contribution < 1.29 is 23.1 Å². The lowest BCUT2D eigenvalue weighted by atomic mass is 9.97. The van der Waals surface area contributed by atoms with E-state index in [0.29, 0.717) is 47.4 Å². The zero-order chi connectivity index (χ0) is 25.2. The summed E-state index contributed by atoms with van der Waals surface area (Å²) in [6.07, 6.45) is 8.11. The number of pyridine rings is 1. The van der Waals surface area contributed by atoms with Crippen LogP contribution in [-0.4, -0.2) is 51.1 Å². The number of aromatic nitrogens is 2. The highest BCUT2D eigenvalue weighted by Crippen LogP contribution is 2.32. The first-order chi connectivity index (χ1) is 16.7. The molecule has 0 aliphatic carbocycles. The smallest absolute Gasteiger partial charge is 0.323 e. The Morgan fingerprint density at radius 1 is 1.37 bits per heavy atom. The van der Waals surface area contributed by atoms with Gasteiger partial charge in [-0.25, -0.2) is 18.6 Å². The molecule has 1 atom stereocenters. The molecule has 0 saturated carbocycles. The second-order valence-electron chi connectivity index (χ2n) is 8.31. The van der Waals surface area contributed by atoms with Gasteiger partial charge in [0.1, 0.15) is 12.4 Å². The van der Waals surface area contributed by atoms with Crippen LogP contribution >= 0.6 is 11.6 Å². The van der Waals surface area contributed by atoms with Crippen LogP contribution in [0, 0.1) is 0 Å². The van der Waals surface area contributed by atoms with E-state index < -0.39 is 12.0 Å². The molecule has 0 fully saturated rings. The van der Waals surface area contributed by atoms with Crippen molar-refractivity contribution in [2.24, 2.45) is 0 Å². The highest BCUT2D eigenvalue weighted by molar-refractivity contribution is 6.32. The summed E-state index contributed by atoms with van der Waals surface area (Å²) in [5.41, 5.74) is 2.17. The van der Waals surface area contributed by atoms with E-state index in [1.807, 2.05) is 6.08 Å². The van der Waals surface area contributed by atoms with E-state index in [9.17, 15) is 13.6 Å². The molecule has 11 heteroatoms. The number of nitrogens with zero attached hydrogens (tertiary/aromatic N) is 3. The van der Waals surface area contributed by atoms with Crippen LogP contribution in [0.15, 0.2) is 52.5 Å². The van der Waals surface area contributed by atoms with Crippen LogP contribution in [0.4, 0.5) is 13.6 Å². The van der Waals surface area contributed by atoms with Crippen LogP contribution in [-0.2, 0) is 6.61 Å². The normalized spacial score (nSPS) is 18.4. The van der Waals surface area contributed by atoms with Crippen molar-refractivity contribution in [3.8, 4) is 11.3 Å². The summed E-state index contributed by atoms with van der Waals surface area (Å²) >= 11 is 6.47. The number of nitrogens with one attached hydrogen (secondary N) is 2. The topological polar surface area (TPSA) is 104 Å². The van der Waals surface area contributed by atoms with Gasteiger partial charge in [0.2, 0.25) is 5.89 Å². The maximum Gasteiger partial charge on any atom is 0.323 e. The summed E-state index contributed by atoms with van der Waals surface area (Å²) < 4.78 is 33.5. The highest BCUT2D eigenvalue weighted by atomic mass is 35.5. The van der Waals surface area contributed by atoms with Gasteiger partial charge in [-0.3, -0.25) is 10.3 Å². The maximum absolute atomic E-state index is 14.0. The Hall–Kier alpha value is -3.24. The van der Waals surface area contributed by atoms with Gasteiger partial charge in [0, 0.05) is 36.8 Å².